The summed E-state index contributed by atoms with van der Waals surface area (Å²) < 4.78 is 0. The van der Waals surface area contributed by atoms with E-state index in [0.29, 0.717) is 11.8 Å². The maximum atomic E-state index is 11.9. The first kappa shape index (κ1) is 12.9. The molecular formula is C15H22N2O. The molecule has 1 amide bonds. The number of amides is 1. The van der Waals surface area contributed by atoms with Crippen LogP contribution in [0, 0.1) is 11.8 Å². The molecule has 1 aliphatic carbocycles. The average Bonchev–Trinajstić information content (AvgIpc) is 2.28. The minimum Gasteiger partial charge on any atom is -0.371 e. The van der Waals surface area contributed by atoms with Crippen LogP contribution >= 0.6 is 0 Å². The number of nitrogens with one attached hydrogen (secondary N) is 1. The molecule has 0 aromatic heterocycles. The van der Waals surface area contributed by atoms with Gasteiger partial charge in [0.05, 0.1) is 0 Å². The Morgan fingerprint density at radius 3 is 2.28 bits per heavy atom. The highest BCUT2D eigenvalue weighted by molar-refractivity contribution is 5.88. The van der Waals surface area contributed by atoms with Crippen LogP contribution in [0.1, 0.15) is 33.1 Å². The summed E-state index contributed by atoms with van der Waals surface area (Å²) in [5.74, 6) is 0.819. The Kier molecular flexibility index (Phi) is 3.60. The predicted molar refractivity (Wildman–Crippen MR) is 74.2 cm³/mol. The Labute approximate surface area is 109 Å². The smallest absolute Gasteiger partial charge is 0.243 e. The maximum Gasteiger partial charge on any atom is 0.243 e. The average molecular weight is 246 g/mol. The van der Waals surface area contributed by atoms with E-state index in [-0.39, 0.29) is 5.91 Å². The third-order valence-electron chi connectivity index (χ3n) is 3.83. The molecule has 2 atom stereocenters. The molecule has 3 N–H and O–H groups in total. The van der Waals surface area contributed by atoms with Gasteiger partial charge in [-0.15, -0.1) is 0 Å². The standard InChI is InChI=1S/C15H22N2O/c1-11-8-12(2)10-15(9-11,14(16)18)17-13-6-4-3-5-7-13/h3-7,11-12,17H,8-10H2,1-2H3,(H2,16,18). The number of carbonyl (C=O) groups excluding carboxylic acids is 1. The van der Waals surface area contributed by atoms with Gasteiger partial charge in [-0.3, -0.25) is 4.79 Å². The van der Waals surface area contributed by atoms with Gasteiger partial charge in [0.1, 0.15) is 5.54 Å². The summed E-state index contributed by atoms with van der Waals surface area (Å²) in [5.41, 5.74) is 6.06. The summed E-state index contributed by atoms with van der Waals surface area (Å²) in [4.78, 5) is 11.9. The monoisotopic (exact) mass is 246 g/mol. The zero-order valence-corrected chi connectivity index (χ0v) is 11.1. The van der Waals surface area contributed by atoms with E-state index < -0.39 is 5.54 Å². The molecule has 0 heterocycles. The van der Waals surface area contributed by atoms with Gasteiger partial charge in [0.25, 0.3) is 0 Å². The van der Waals surface area contributed by atoms with Gasteiger partial charge in [0.15, 0.2) is 0 Å². The van der Waals surface area contributed by atoms with E-state index in [2.05, 4.69) is 19.2 Å². The number of anilines is 1. The molecule has 98 valence electrons. The molecule has 1 saturated carbocycles. The van der Waals surface area contributed by atoms with Crippen LogP contribution in [-0.4, -0.2) is 11.4 Å². The number of benzene rings is 1. The second kappa shape index (κ2) is 5.01. The number of primary amides is 1. The molecule has 0 radical (unpaired) electrons. The fourth-order valence-electron chi connectivity index (χ4n) is 3.29. The molecule has 3 nitrogen and oxygen atoms in total. The minimum absolute atomic E-state index is 0.232. The molecule has 0 aliphatic heterocycles. The van der Waals surface area contributed by atoms with Crippen molar-refractivity contribution in [2.45, 2.75) is 38.6 Å². The molecule has 1 fully saturated rings. The molecule has 2 rings (SSSR count). The van der Waals surface area contributed by atoms with Crippen LogP contribution in [0.25, 0.3) is 0 Å². The lowest BCUT2D eigenvalue weighted by Gasteiger charge is -2.41. The first-order chi connectivity index (χ1) is 8.52. The van der Waals surface area contributed by atoms with Crippen molar-refractivity contribution in [2.24, 2.45) is 17.6 Å². The lowest BCUT2D eigenvalue weighted by molar-refractivity contribution is -0.124. The maximum absolute atomic E-state index is 11.9. The highest BCUT2D eigenvalue weighted by atomic mass is 16.1. The van der Waals surface area contributed by atoms with Crippen LogP contribution < -0.4 is 11.1 Å². The normalized spacial score (nSPS) is 31.9. The summed E-state index contributed by atoms with van der Waals surface area (Å²) in [7, 11) is 0. The summed E-state index contributed by atoms with van der Waals surface area (Å²) in [5, 5.41) is 3.38. The van der Waals surface area contributed by atoms with Crippen LogP contribution in [0.5, 0.6) is 0 Å². The number of rotatable bonds is 3. The van der Waals surface area contributed by atoms with Gasteiger partial charge in [0, 0.05) is 5.69 Å². The Morgan fingerprint density at radius 1 is 1.22 bits per heavy atom. The van der Waals surface area contributed by atoms with Crippen LogP contribution in [0.15, 0.2) is 30.3 Å². The van der Waals surface area contributed by atoms with E-state index in [4.69, 9.17) is 5.73 Å². The molecule has 3 heteroatoms. The lowest BCUT2D eigenvalue weighted by atomic mass is 9.71. The van der Waals surface area contributed by atoms with Gasteiger partial charge in [-0.25, -0.2) is 0 Å². The van der Waals surface area contributed by atoms with Crippen LogP contribution in [0.3, 0.4) is 0 Å². The van der Waals surface area contributed by atoms with Crippen molar-refractivity contribution in [2.75, 3.05) is 5.32 Å². The lowest BCUT2D eigenvalue weighted by Crippen LogP contribution is -2.54. The van der Waals surface area contributed by atoms with Crippen molar-refractivity contribution in [3.63, 3.8) is 0 Å². The van der Waals surface area contributed by atoms with Crippen LogP contribution in [0.2, 0.25) is 0 Å². The number of hydrogen-bond acceptors (Lipinski definition) is 2. The van der Waals surface area contributed by atoms with E-state index in [1.165, 1.54) is 6.42 Å². The quantitative estimate of drug-likeness (QED) is 0.861. The molecule has 1 aromatic rings. The van der Waals surface area contributed by atoms with E-state index in [0.717, 1.165) is 18.5 Å². The van der Waals surface area contributed by atoms with E-state index in [9.17, 15) is 4.79 Å². The third-order valence-corrected chi connectivity index (χ3v) is 3.83. The van der Waals surface area contributed by atoms with Crippen LogP contribution in [0.4, 0.5) is 5.69 Å². The largest absolute Gasteiger partial charge is 0.371 e. The molecule has 18 heavy (non-hydrogen) atoms. The molecule has 1 aromatic carbocycles. The second-order valence-electron chi connectivity index (χ2n) is 5.79. The zero-order chi connectivity index (χ0) is 13.2. The molecule has 2 unspecified atom stereocenters. The highest BCUT2D eigenvalue weighted by Gasteiger charge is 2.42. The van der Waals surface area contributed by atoms with Crippen molar-refractivity contribution >= 4 is 11.6 Å². The molecular weight excluding hydrogens is 224 g/mol. The van der Waals surface area contributed by atoms with Gasteiger partial charge < -0.3 is 11.1 Å². The first-order valence-corrected chi connectivity index (χ1v) is 6.65. The Balaban J connectivity index is 2.24. The van der Waals surface area contributed by atoms with E-state index in [1.54, 1.807) is 0 Å². The highest BCUT2D eigenvalue weighted by Crippen LogP contribution is 2.38. The number of hydrogen-bond donors (Lipinski definition) is 2. The van der Waals surface area contributed by atoms with Crippen molar-refractivity contribution in [1.29, 1.82) is 0 Å². The van der Waals surface area contributed by atoms with Crippen molar-refractivity contribution < 1.29 is 4.79 Å². The van der Waals surface area contributed by atoms with Crippen molar-refractivity contribution in [3.8, 4) is 0 Å². The van der Waals surface area contributed by atoms with Crippen molar-refractivity contribution in [1.82, 2.24) is 0 Å². The van der Waals surface area contributed by atoms with Gasteiger partial charge in [-0.2, -0.15) is 0 Å². The molecule has 1 aliphatic rings. The second-order valence-corrected chi connectivity index (χ2v) is 5.79. The Bertz CT molecular complexity index is 406. The van der Waals surface area contributed by atoms with E-state index >= 15 is 0 Å². The molecule has 0 bridgehead atoms. The number of para-hydroxylation sites is 1. The topological polar surface area (TPSA) is 55.1 Å². The third kappa shape index (κ3) is 2.66. The fraction of sp³-hybridized carbons (Fsp3) is 0.533. The fourth-order valence-corrected chi connectivity index (χ4v) is 3.29. The number of nitrogens with two attached hydrogens (primary N) is 1. The minimum atomic E-state index is -0.585. The first-order valence-electron chi connectivity index (χ1n) is 6.65. The SMILES string of the molecule is CC1CC(C)CC(Nc2ccccc2)(C(N)=O)C1. The summed E-state index contributed by atoms with van der Waals surface area (Å²) in [6.45, 7) is 4.39. The summed E-state index contributed by atoms with van der Waals surface area (Å²) in [6, 6.07) is 9.86. The van der Waals surface area contributed by atoms with Gasteiger partial charge in [0.2, 0.25) is 5.91 Å². The molecule has 0 saturated heterocycles. The summed E-state index contributed by atoms with van der Waals surface area (Å²) in [6.07, 6.45) is 2.81. The molecule has 0 spiro atoms. The number of carbonyl (C=O) groups is 1. The van der Waals surface area contributed by atoms with Crippen molar-refractivity contribution in [3.05, 3.63) is 30.3 Å². The van der Waals surface area contributed by atoms with E-state index in [1.807, 2.05) is 30.3 Å². The predicted octanol–water partition coefficient (Wildman–Crippen LogP) is 2.78. The Morgan fingerprint density at radius 2 is 1.78 bits per heavy atom. The van der Waals surface area contributed by atoms with Crippen LogP contribution in [-0.2, 0) is 4.79 Å². The summed E-state index contributed by atoms with van der Waals surface area (Å²) >= 11 is 0. The Hall–Kier alpha value is -1.51. The van der Waals surface area contributed by atoms with Gasteiger partial charge in [-0.1, -0.05) is 32.0 Å². The van der Waals surface area contributed by atoms with Gasteiger partial charge in [-0.05, 0) is 43.2 Å². The zero-order valence-electron chi connectivity index (χ0n) is 11.1. The van der Waals surface area contributed by atoms with Gasteiger partial charge >= 0.3 is 0 Å².